The molecule has 3 nitrogen and oxygen atoms in total. The van der Waals surface area contributed by atoms with Crippen LogP contribution >= 0.6 is 0 Å². The number of amides is 2. The molecule has 1 aliphatic heterocycles. The second kappa shape index (κ2) is 1.95. The molecule has 1 aromatic rings. The maximum atomic E-state index is 12.5. The minimum Gasteiger partial charge on any atom is -0.304 e. The zero-order valence-corrected chi connectivity index (χ0v) is 5.47. The van der Waals surface area contributed by atoms with Crippen molar-refractivity contribution in [3.05, 3.63) is 24.0 Å². The van der Waals surface area contributed by atoms with E-state index < -0.39 is 6.03 Å². The number of rotatable bonds is 0. The molecule has 1 aromatic carbocycles. The monoisotopic (exact) mass is 151 g/mol. The Balaban J connectivity index is 2.51. The quantitative estimate of drug-likeness (QED) is 0.601. The molecule has 2 rings (SSSR count). The fourth-order valence-corrected chi connectivity index (χ4v) is 0.956. The van der Waals surface area contributed by atoms with Gasteiger partial charge in [-0.3, -0.25) is 0 Å². The van der Waals surface area contributed by atoms with Crippen LogP contribution in [-0.2, 0) is 0 Å². The van der Waals surface area contributed by atoms with Crippen molar-refractivity contribution in [2.75, 3.05) is 5.32 Å². The third-order valence-electron chi connectivity index (χ3n) is 1.42. The lowest BCUT2D eigenvalue weighted by Crippen LogP contribution is -2.08. The number of anilines is 1. The zero-order valence-electron chi connectivity index (χ0n) is 5.47. The summed E-state index contributed by atoms with van der Waals surface area (Å²) in [7, 11) is 0. The van der Waals surface area contributed by atoms with Crippen molar-refractivity contribution < 1.29 is 9.18 Å². The zero-order chi connectivity index (χ0) is 7.84. The molecule has 0 aromatic heterocycles. The molecule has 0 unspecified atom stereocenters. The van der Waals surface area contributed by atoms with Crippen LogP contribution in [0.5, 0.6) is 0 Å². The van der Waals surface area contributed by atoms with Crippen molar-refractivity contribution in [3.63, 3.8) is 0 Å². The highest BCUT2D eigenvalue weighted by Gasteiger charge is 2.18. The molecule has 0 aliphatic carbocycles. The predicted octanol–water partition coefficient (Wildman–Crippen LogP) is 1.61. The fourth-order valence-electron chi connectivity index (χ4n) is 0.956. The number of benzene rings is 1. The molecule has 1 aliphatic rings. The van der Waals surface area contributed by atoms with E-state index in [4.69, 9.17) is 0 Å². The molecule has 11 heavy (non-hydrogen) atoms. The number of hydrogen-bond donors (Lipinski definition) is 1. The van der Waals surface area contributed by atoms with Gasteiger partial charge in [0.05, 0.1) is 11.4 Å². The molecule has 0 bridgehead atoms. The molecule has 0 fully saturated rings. The van der Waals surface area contributed by atoms with Gasteiger partial charge in [-0.15, -0.1) is 0 Å². The van der Waals surface area contributed by atoms with Crippen LogP contribution in [0.3, 0.4) is 0 Å². The lowest BCUT2D eigenvalue weighted by atomic mass is 10.3. The van der Waals surface area contributed by atoms with Crippen LogP contribution in [0.15, 0.2) is 18.2 Å². The van der Waals surface area contributed by atoms with Gasteiger partial charge in [0.25, 0.3) is 0 Å². The molecule has 0 saturated carbocycles. The predicted molar refractivity (Wildman–Crippen MR) is 37.2 cm³/mol. The Kier molecular flexibility index (Phi) is 1.09. The van der Waals surface area contributed by atoms with Crippen LogP contribution in [0.1, 0.15) is 0 Å². The third-order valence-corrected chi connectivity index (χ3v) is 1.42. The Morgan fingerprint density at radius 3 is 3.09 bits per heavy atom. The summed E-state index contributed by atoms with van der Waals surface area (Å²) in [5.41, 5.74) is 0.936. The molecule has 55 valence electrons. The Morgan fingerprint density at radius 1 is 1.45 bits per heavy atom. The van der Waals surface area contributed by atoms with E-state index in [9.17, 15) is 9.18 Å². The van der Waals surface area contributed by atoms with Crippen LogP contribution < -0.4 is 10.6 Å². The topological polar surface area (TPSA) is 43.2 Å². The highest BCUT2D eigenvalue weighted by Crippen LogP contribution is 2.27. The van der Waals surface area contributed by atoms with E-state index in [1.165, 1.54) is 18.2 Å². The normalized spacial score (nSPS) is 13.7. The Labute approximate surface area is 62.2 Å². The number of nitrogens with one attached hydrogen (secondary N) is 1. The van der Waals surface area contributed by atoms with Gasteiger partial charge >= 0.3 is 6.03 Å². The van der Waals surface area contributed by atoms with Crippen molar-refractivity contribution >= 4 is 17.4 Å². The van der Waals surface area contributed by atoms with Gasteiger partial charge in [-0.1, -0.05) is 0 Å². The van der Waals surface area contributed by atoms with Crippen molar-refractivity contribution in [3.8, 4) is 0 Å². The Bertz CT molecular complexity index is 324. The number of hydrogen-bond acceptors (Lipinski definition) is 1. The Hall–Kier alpha value is -1.58. The van der Waals surface area contributed by atoms with Crippen LogP contribution in [0.4, 0.5) is 20.6 Å². The van der Waals surface area contributed by atoms with Crippen LogP contribution in [0.25, 0.3) is 0 Å². The summed E-state index contributed by atoms with van der Waals surface area (Å²) in [6, 6.07) is 3.54. The third kappa shape index (κ3) is 0.920. The van der Waals surface area contributed by atoms with Crippen molar-refractivity contribution in [1.29, 1.82) is 0 Å². The van der Waals surface area contributed by atoms with Crippen molar-refractivity contribution in [1.82, 2.24) is 5.32 Å². The van der Waals surface area contributed by atoms with Crippen molar-refractivity contribution in [2.45, 2.75) is 0 Å². The summed E-state index contributed by atoms with van der Waals surface area (Å²) < 4.78 is 12.5. The molecule has 0 spiro atoms. The Morgan fingerprint density at radius 2 is 2.27 bits per heavy atom. The van der Waals surface area contributed by atoms with Crippen LogP contribution in [0, 0.1) is 5.82 Å². The minimum absolute atomic E-state index is 0.370. The minimum atomic E-state index is -0.439. The molecule has 0 atom stereocenters. The number of fused-ring (bicyclic) bond motifs is 1. The lowest BCUT2D eigenvalue weighted by molar-refractivity contribution is 0.256. The summed E-state index contributed by atoms with van der Waals surface area (Å²) >= 11 is 0. The highest BCUT2D eigenvalue weighted by molar-refractivity contribution is 6.01. The van der Waals surface area contributed by atoms with Gasteiger partial charge in [0.2, 0.25) is 0 Å². The molecular formula is C7H4FN2O. The van der Waals surface area contributed by atoms with Gasteiger partial charge < -0.3 is 5.32 Å². The summed E-state index contributed by atoms with van der Waals surface area (Å²) in [5, 5.41) is 5.98. The van der Waals surface area contributed by atoms with Crippen LogP contribution in [0.2, 0.25) is 0 Å². The van der Waals surface area contributed by atoms with Crippen LogP contribution in [-0.4, -0.2) is 6.03 Å². The average molecular weight is 151 g/mol. The average Bonchev–Trinajstić information content (AvgIpc) is 2.27. The molecule has 1 radical (unpaired) electrons. The second-order valence-corrected chi connectivity index (χ2v) is 2.20. The van der Waals surface area contributed by atoms with Crippen molar-refractivity contribution in [2.24, 2.45) is 0 Å². The van der Waals surface area contributed by atoms with E-state index in [0.29, 0.717) is 11.4 Å². The standard InChI is InChI=1S/C7H4FN2O/c8-4-1-2-5-6(3-4)10-7(11)9-5/h1-3H,(H,9,11). The largest absolute Gasteiger partial charge is 0.346 e. The van der Waals surface area contributed by atoms with E-state index in [0.717, 1.165) is 0 Å². The number of carbonyl (C=O) groups excluding carboxylic acids is 1. The summed E-state index contributed by atoms with van der Waals surface area (Å²) in [6.07, 6.45) is 0. The van der Waals surface area contributed by atoms with Gasteiger partial charge in [0.15, 0.2) is 0 Å². The first-order chi connectivity index (χ1) is 5.25. The lowest BCUT2D eigenvalue weighted by Gasteiger charge is -1.93. The summed E-state index contributed by atoms with van der Waals surface area (Å²) in [6.45, 7) is 0. The van der Waals surface area contributed by atoms with Gasteiger partial charge in [0, 0.05) is 6.07 Å². The molecule has 1 N–H and O–H groups in total. The molecule has 2 amide bonds. The van der Waals surface area contributed by atoms with E-state index in [1.54, 1.807) is 0 Å². The molecule has 0 saturated heterocycles. The molecule has 1 heterocycles. The fraction of sp³-hybridized carbons (Fsp3) is 0. The number of halogens is 1. The summed E-state index contributed by atoms with van der Waals surface area (Å²) in [5.74, 6) is -0.385. The maximum absolute atomic E-state index is 12.5. The number of urea groups is 1. The van der Waals surface area contributed by atoms with E-state index in [2.05, 4.69) is 10.6 Å². The van der Waals surface area contributed by atoms with Gasteiger partial charge in [-0.2, -0.15) is 5.32 Å². The molecular weight excluding hydrogens is 147 g/mol. The maximum Gasteiger partial charge on any atom is 0.346 e. The first kappa shape index (κ1) is 6.15. The second-order valence-electron chi connectivity index (χ2n) is 2.20. The summed E-state index contributed by atoms with van der Waals surface area (Å²) in [4.78, 5) is 10.6. The number of nitrogens with zero attached hydrogens (tertiary/aromatic N) is 1. The van der Waals surface area contributed by atoms with Gasteiger partial charge in [-0.05, 0) is 12.1 Å². The SMILES string of the molecule is O=C1[N]c2cc(F)ccc2N1. The van der Waals surface area contributed by atoms with E-state index in [1.807, 2.05) is 0 Å². The smallest absolute Gasteiger partial charge is 0.304 e. The first-order valence-electron chi connectivity index (χ1n) is 3.08. The number of carbonyl (C=O) groups is 1. The first-order valence-corrected chi connectivity index (χ1v) is 3.08. The van der Waals surface area contributed by atoms with E-state index >= 15 is 0 Å². The molecule has 4 heteroatoms. The van der Waals surface area contributed by atoms with E-state index in [-0.39, 0.29) is 5.82 Å². The van der Waals surface area contributed by atoms with Gasteiger partial charge in [0.1, 0.15) is 5.82 Å². The highest BCUT2D eigenvalue weighted by atomic mass is 19.1. The van der Waals surface area contributed by atoms with Gasteiger partial charge in [-0.25, -0.2) is 9.18 Å².